The number of carbonyl (C=O) groups excluding carboxylic acids is 1. The number of benzene rings is 2. The number of carbonyl (C=O) groups is 1. The van der Waals surface area contributed by atoms with Crippen molar-refractivity contribution in [3.8, 4) is 0 Å². The maximum absolute atomic E-state index is 12.3. The molecule has 0 aliphatic carbocycles. The topological polar surface area (TPSA) is 29.1 Å². The van der Waals surface area contributed by atoms with Gasteiger partial charge in [0.05, 0.1) is 6.04 Å². The molecule has 0 aliphatic heterocycles. The smallest absolute Gasteiger partial charge is 0.252 e. The largest absolute Gasteiger partial charge is 0.346 e. The molecule has 20 heavy (non-hydrogen) atoms. The summed E-state index contributed by atoms with van der Waals surface area (Å²) in [5.41, 5.74) is 3.78. The van der Waals surface area contributed by atoms with Crippen LogP contribution in [-0.2, 0) is 0 Å². The summed E-state index contributed by atoms with van der Waals surface area (Å²) in [6, 6.07) is 13.3. The van der Waals surface area contributed by atoms with Crippen LogP contribution in [0.2, 0.25) is 5.02 Å². The third kappa shape index (κ3) is 3.40. The van der Waals surface area contributed by atoms with E-state index >= 15 is 0 Å². The number of amides is 1. The van der Waals surface area contributed by atoms with E-state index in [1.54, 1.807) is 0 Å². The molecule has 2 rings (SSSR count). The predicted octanol–water partition coefficient (Wildman–Crippen LogP) is 4.45. The summed E-state index contributed by atoms with van der Waals surface area (Å²) in [5.74, 6) is -0.0568. The van der Waals surface area contributed by atoms with Gasteiger partial charge in [0.2, 0.25) is 0 Å². The van der Waals surface area contributed by atoms with E-state index in [4.69, 9.17) is 11.6 Å². The van der Waals surface area contributed by atoms with Gasteiger partial charge in [-0.3, -0.25) is 4.79 Å². The van der Waals surface area contributed by atoms with Crippen molar-refractivity contribution in [2.45, 2.75) is 26.8 Å². The number of halogens is 1. The summed E-state index contributed by atoms with van der Waals surface area (Å²) < 4.78 is 0. The molecule has 1 unspecified atom stereocenters. The second-order valence-corrected chi connectivity index (χ2v) is 5.50. The lowest BCUT2D eigenvalue weighted by Gasteiger charge is -2.16. The number of hydrogen-bond donors (Lipinski definition) is 1. The average Bonchev–Trinajstić information content (AvgIpc) is 2.41. The Morgan fingerprint density at radius 3 is 2.60 bits per heavy atom. The first-order chi connectivity index (χ1) is 9.47. The molecule has 0 spiro atoms. The van der Waals surface area contributed by atoms with Crippen molar-refractivity contribution in [3.63, 3.8) is 0 Å². The van der Waals surface area contributed by atoms with Gasteiger partial charge in [-0.1, -0.05) is 41.4 Å². The van der Waals surface area contributed by atoms with Crippen LogP contribution in [0.4, 0.5) is 0 Å². The summed E-state index contributed by atoms with van der Waals surface area (Å²) in [6.45, 7) is 5.88. The van der Waals surface area contributed by atoms with E-state index < -0.39 is 0 Å². The molecule has 0 saturated heterocycles. The van der Waals surface area contributed by atoms with Crippen molar-refractivity contribution in [3.05, 3.63) is 69.7 Å². The van der Waals surface area contributed by atoms with E-state index in [0.717, 1.165) is 22.3 Å². The fourth-order valence-corrected chi connectivity index (χ4v) is 2.31. The minimum absolute atomic E-state index is 0.0568. The lowest BCUT2D eigenvalue weighted by atomic mass is 10.0. The van der Waals surface area contributed by atoms with Crippen molar-refractivity contribution in [2.24, 2.45) is 0 Å². The molecule has 0 bridgehead atoms. The Morgan fingerprint density at radius 1 is 1.15 bits per heavy atom. The van der Waals surface area contributed by atoms with E-state index in [2.05, 4.69) is 5.32 Å². The summed E-state index contributed by atoms with van der Waals surface area (Å²) in [5, 5.41) is 3.69. The standard InChI is InChI=1S/C17H18ClNO/c1-11-7-8-12(2)16(9-11)17(20)19-13(3)14-5-4-6-15(18)10-14/h4-10,13H,1-3H3,(H,19,20). The molecule has 2 nitrogen and oxygen atoms in total. The van der Waals surface area contributed by atoms with E-state index in [9.17, 15) is 4.79 Å². The SMILES string of the molecule is Cc1ccc(C)c(C(=O)NC(C)c2cccc(Cl)c2)c1. The van der Waals surface area contributed by atoms with Crippen LogP contribution in [0.1, 0.15) is 40.0 Å². The molecule has 0 fully saturated rings. The maximum Gasteiger partial charge on any atom is 0.252 e. The zero-order valence-corrected chi connectivity index (χ0v) is 12.7. The van der Waals surface area contributed by atoms with Crippen LogP contribution < -0.4 is 5.32 Å². The Labute approximate surface area is 124 Å². The molecule has 3 heteroatoms. The van der Waals surface area contributed by atoms with Crippen LogP contribution in [0.15, 0.2) is 42.5 Å². The first-order valence-corrected chi connectivity index (χ1v) is 6.99. The van der Waals surface area contributed by atoms with Crippen LogP contribution in [0, 0.1) is 13.8 Å². The third-order valence-corrected chi connectivity index (χ3v) is 3.57. The molecule has 0 saturated carbocycles. The molecule has 0 radical (unpaired) electrons. The number of aryl methyl sites for hydroxylation is 2. The fraction of sp³-hybridized carbons (Fsp3) is 0.235. The highest BCUT2D eigenvalue weighted by Crippen LogP contribution is 2.18. The Kier molecular flexibility index (Phi) is 4.46. The molecule has 1 N–H and O–H groups in total. The lowest BCUT2D eigenvalue weighted by Crippen LogP contribution is -2.27. The van der Waals surface area contributed by atoms with Crippen LogP contribution in [0.3, 0.4) is 0 Å². The minimum atomic E-state index is -0.0823. The third-order valence-electron chi connectivity index (χ3n) is 3.33. The van der Waals surface area contributed by atoms with Gasteiger partial charge < -0.3 is 5.32 Å². The maximum atomic E-state index is 12.3. The van der Waals surface area contributed by atoms with Crippen LogP contribution >= 0.6 is 11.6 Å². The van der Waals surface area contributed by atoms with Crippen LogP contribution in [0.5, 0.6) is 0 Å². The lowest BCUT2D eigenvalue weighted by molar-refractivity contribution is 0.0939. The summed E-state index contributed by atoms with van der Waals surface area (Å²) in [4.78, 5) is 12.3. The van der Waals surface area contributed by atoms with Crippen molar-refractivity contribution in [1.29, 1.82) is 0 Å². The summed E-state index contributed by atoms with van der Waals surface area (Å²) in [7, 11) is 0. The molecular weight excluding hydrogens is 270 g/mol. The van der Waals surface area contributed by atoms with E-state index in [1.807, 2.05) is 63.2 Å². The first kappa shape index (κ1) is 14.6. The minimum Gasteiger partial charge on any atom is -0.346 e. The number of hydrogen-bond acceptors (Lipinski definition) is 1. The van der Waals surface area contributed by atoms with Crippen molar-refractivity contribution in [1.82, 2.24) is 5.32 Å². The molecular formula is C17H18ClNO. The highest BCUT2D eigenvalue weighted by atomic mass is 35.5. The zero-order valence-electron chi connectivity index (χ0n) is 11.9. The van der Waals surface area contributed by atoms with Gasteiger partial charge in [0, 0.05) is 10.6 Å². The van der Waals surface area contributed by atoms with Crippen molar-refractivity contribution < 1.29 is 4.79 Å². The van der Waals surface area contributed by atoms with E-state index in [-0.39, 0.29) is 11.9 Å². The normalized spacial score (nSPS) is 12.0. The predicted molar refractivity (Wildman–Crippen MR) is 83.2 cm³/mol. The second kappa shape index (κ2) is 6.10. The van der Waals surface area contributed by atoms with Crippen LogP contribution in [0.25, 0.3) is 0 Å². The molecule has 0 aromatic heterocycles. The molecule has 1 atom stereocenters. The fourth-order valence-electron chi connectivity index (χ4n) is 2.11. The van der Waals surface area contributed by atoms with Crippen LogP contribution in [-0.4, -0.2) is 5.91 Å². The molecule has 0 heterocycles. The van der Waals surface area contributed by atoms with Gasteiger partial charge in [-0.2, -0.15) is 0 Å². The first-order valence-electron chi connectivity index (χ1n) is 6.61. The molecule has 0 aliphatic rings. The van der Waals surface area contributed by atoms with Crippen molar-refractivity contribution >= 4 is 17.5 Å². The average molecular weight is 288 g/mol. The summed E-state index contributed by atoms with van der Waals surface area (Å²) in [6.07, 6.45) is 0. The Hall–Kier alpha value is -1.80. The quantitative estimate of drug-likeness (QED) is 0.888. The van der Waals surface area contributed by atoms with Gasteiger partial charge in [0.15, 0.2) is 0 Å². The highest BCUT2D eigenvalue weighted by molar-refractivity contribution is 6.30. The van der Waals surface area contributed by atoms with Gasteiger partial charge in [-0.25, -0.2) is 0 Å². The number of rotatable bonds is 3. The van der Waals surface area contributed by atoms with Gasteiger partial charge in [-0.05, 0) is 50.1 Å². The van der Waals surface area contributed by atoms with Gasteiger partial charge in [0.25, 0.3) is 5.91 Å². The van der Waals surface area contributed by atoms with Gasteiger partial charge >= 0.3 is 0 Å². The number of nitrogens with one attached hydrogen (secondary N) is 1. The highest BCUT2D eigenvalue weighted by Gasteiger charge is 2.13. The van der Waals surface area contributed by atoms with E-state index in [0.29, 0.717) is 5.02 Å². The monoisotopic (exact) mass is 287 g/mol. The van der Waals surface area contributed by atoms with E-state index in [1.165, 1.54) is 0 Å². The van der Waals surface area contributed by atoms with Gasteiger partial charge in [-0.15, -0.1) is 0 Å². The Morgan fingerprint density at radius 2 is 1.90 bits per heavy atom. The van der Waals surface area contributed by atoms with Crippen molar-refractivity contribution in [2.75, 3.05) is 0 Å². The summed E-state index contributed by atoms with van der Waals surface area (Å²) >= 11 is 5.98. The molecule has 104 valence electrons. The second-order valence-electron chi connectivity index (χ2n) is 5.07. The molecule has 1 amide bonds. The Bertz CT molecular complexity index is 637. The molecule has 2 aromatic carbocycles. The zero-order chi connectivity index (χ0) is 14.7. The molecule has 2 aromatic rings. The Balaban J connectivity index is 2.17. The van der Waals surface area contributed by atoms with Gasteiger partial charge in [0.1, 0.15) is 0 Å².